The van der Waals surface area contributed by atoms with Gasteiger partial charge in [0, 0.05) is 0 Å². The maximum Gasteiger partial charge on any atom is 0.336 e. The molecule has 0 unspecified atom stereocenters. The minimum atomic E-state index is -1.07. The molecule has 3 rings (SSSR count). The third kappa shape index (κ3) is 3.08. The smallest absolute Gasteiger partial charge is 0.336 e. The lowest BCUT2D eigenvalue weighted by atomic mass is 10.1. The van der Waals surface area contributed by atoms with Gasteiger partial charge in [0.15, 0.2) is 4.32 Å². The summed E-state index contributed by atoms with van der Waals surface area (Å²) in [5.41, 5.74) is 0.989. The monoisotopic (exact) mass is 359 g/mol. The predicted molar refractivity (Wildman–Crippen MR) is 95.5 cm³/mol. The Morgan fingerprint density at radius 1 is 1.17 bits per heavy atom. The highest BCUT2D eigenvalue weighted by atomic mass is 32.2. The minimum Gasteiger partial charge on any atom is -0.478 e. The number of nitrogens with zero attached hydrogens (tertiary/aromatic N) is 1. The number of anilines is 1. The Morgan fingerprint density at radius 3 is 2.50 bits per heavy atom. The molecule has 0 radical (unpaired) electrons. The van der Waals surface area contributed by atoms with Gasteiger partial charge in [-0.3, -0.25) is 9.69 Å². The fourth-order valence-electron chi connectivity index (χ4n) is 2.24. The molecule has 1 fully saturated rings. The quantitative estimate of drug-likeness (QED) is 0.665. The lowest BCUT2D eigenvalue weighted by Crippen LogP contribution is -2.27. The molecule has 120 valence electrons. The molecule has 2 aromatic carbocycles. The van der Waals surface area contributed by atoms with Crippen LogP contribution in [0.3, 0.4) is 0 Å². The largest absolute Gasteiger partial charge is 0.478 e. The zero-order valence-electron chi connectivity index (χ0n) is 12.1. The SMILES string of the molecule is O=C(O)c1ccccc1C=C1SC(=S)N(c2ccc(F)cc2)C1=O. The number of benzene rings is 2. The zero-order chi connectivity index (χ0) is 17.3. The van der Waals surface area contributed by atoms with E-state index in [4.69, 9.17) is 12.2 Å². The average Bonchev–Trinajstić information content (AvgIpc) is 2.83. The van der Waals surface area contributed by atoms with Crippen molar-refractivity contribution in [2.45, 2.75) is 0 Å². The summed E-state index contributed by atoms with van der Waals surface area (Å²) < 4.78 is 13.4. The van der Waals surface area contributed by atoms with Gasteiger partial charge < -0.3 is 5.11 Å². The Balaban J connectivity index is 1.97. The summed E-state index contributed by atoms with van der Waals surface area (Å²) in [6.45, 7) is 0. The summed E-state index contributed by atoms with van der Waals surface area (Å²) in [6, 6.07) is 11.8. The Morgan fingerprint density at radius 2 is 1.83 bits per heavy atom. The molecule has 0 bridgehead atoms. The molecule has 0 atom stereocenters. The van der Waals surface area contributed by atoms with Gasteiger partial charge in [0.25, 0.3) is 5.91 Å². The van der Waals surface area contributed by atoms with Crippen LogP contribution in [0.5, 0.6) is 0 Å². The third-order valence-corrected chi connectivity index (χ3v) is 4.66. The molecule has 2 aromatic rings. The van der Waals surface area contributed by atoms with E-state index < -0.39 is 11.8 Å². The van der Waals surface area contributed by atoms with Gasteiger partial charge in [0.1, 0.15) is 5.82 Å². The van der Waals surface area contributed by atoms with Crippen molar-refractivity contribution in [1.82, 2.24) is 0 Å². The van der Waals surface area contributed by atoms with E-state index in [-0.39, 0.29) is 11.5 Å². The number of amides is 1. The van der Waals surface area contributed by atoms with Crippen molar-refractivity contribution in [2.24, 2.45) is 0 Å². The molecule has 1 aliphatic rings. The van der Waals surface area contributed by atoms with E-state index in [0.29, 0.717) is 20.5 Å². The number of rotatable bonds is 3. The van der Waals surface area contributed by atoms with Gasteiger partial charge in [0.05, 0.1) is 16.2 Å². The summed E-state index contributed by atoms with van der Waals surface area (Å²) >= 11 is 6.31. The Bertz CT molecular complexity index is 878. The molecule has 1 aliphatic heterocycles. The fourth-order valence-corrected chi connectivity index (χ4v) is 3.53. The summed E-state index contributed by atoms with van der Waals surface area (Å²) in [6.07, 6.45) is 1.51. The third-order valence-electron chi connectivity index (χ3n) is 3.36. The van der Waals surface area contributed by atoms with Gasteiger partial charge in [-0.25, -0.2) is 9.18 Å². The van der Waals surface area contributed by atoms with E-state index in [9.17, 15) is 19.1 Å². The number of hydrogen-bond acceptors (Lipinski definition) is 4. The van der Waals surface area contributed by atoms with Crippen molar-refractivity contribution in [3.05, 3.63) is 70.4 Å². The van der Waals surface area contributed by atoms with E-state index in [1.165, 1.54) is 41.3 Å². The van der Waals surface area contributed by atoms with E-state index in [1.807, 2.05) is 0 Å². The van der Waals surface area contributed by atoms with Crippen LogP contribution in [0.25, 0.3) is 6.08 Å². The van der Waals surface area contributed by atoms with Crippen molar-refractivity contribution in [3.8, 4) is 0 Å². The van der Waals surface area contributed by atoms with E-state index in [0.717, 1.165) is 11.8 Å². The number of hydrogen-bond donors (Lipinski definition) is 1. The second-order valence-electron chi connectivity index (χ2n) is 4.89. The van der Waals surface area contributed by atoms with E-state index in [2.05, 4.69) is 0 Å². The van der Waals surface area contributed by atoms with Crippen LogP contribution >= 0.6 is 24.0 Å². The highest BCUT2D eigenvalue weighted by Crippen LogP contribution is 2.36. The Labute approximate surface area is 146 Å². The fraction of sp³-hybridized carbons (Fsp3) is 0. The van der Waals surface area contributed by atoms with Gasteiger partial charge >= 0.3 is 5.97 Å². The van der Waals surface area contributed by atoms with Crippen LogP contribution in [-0.2, 0) is 4.79 Å². The first-order valence-corrected chi connectivity index (χ1v) is 8.05. The minimum absolute atomic E-state index is 0.101. The summed E-state index contributed by atoms with van der Waals surface area (Å²) in [5, 5.41) is 9.22. The van der Waals surface area contributed by atoms with Crippen molar-refractivity contribution in [2.75, 3.05) is 4.90 Å². The molecule has 0 aliphatic carbocycles. The van der Waals surface area contributed by atoms with Crippen molar-refractivity contribution in [1.29, 1.82) is 0 Å². The van der Waals surface area contributed by atoms with Crippen LogP contribution < -0.4 is 4.90 Å². The average molecular weight is 359 g/mol. The Hall–Kier alpha value is -2.51. The topological polar surface area (TPSA) is 57.6 Å². The van der Waals surface area contributed by atoms with Crippen LogP contribution in [-0.4, -0.2) is 21.3 Å². The van der Waals surface area contributed by atoms with Gasteiger partial charge in [-0.2, -0.15) is 0 Å². The van der Waals surface area contributed by atoms with Crippen LogP contribution in [0.4, 0.5) is 10.1 Å². The van der Waals surface area contributed by atoms with E-state index >= 15 is 0 Å². The predicted octanol–water partition coefficient (Wildman–Crippen LogP) is 3.93. The molecule has 1 heterocycles. The standard InChI is InChI=1S/C17H10FNO3S2/c18-11-5-7-12(8-6-11)19-15(20)14(24-17(19)23)9-10-3-1-2-4-13(10)16(21)22/h1-9H,(H,21,22). The van der Waals surface area contributed by atoms with Crippen molar-refractivity contribution in [3.63, 3.8) is 0 Å². The number of thioether (sulfide) groups is 1. The molecule has 0 saturated carbocycles. The molecule has 1 saturated heterocycles. The molecule has 0 aromatic heterocycles. The van der Waals surface area contributed by atoms with Gasteiger partial charge in [0.2, 0.25) is 0 Å². The first-order valence-electron chi connectivity index (χ1n) is 6.83. The highest BCUT2D eigenvalue weighted by Gasteiger charge is 2.33. The first-order chi connectivity index (χ1) is 11.5. The molecular formula is C17H10FNO3S2. The first kappa shape index (κ1) is 16.4. The molecule has 1 N–H and O–H groups in total. The lowest BCUT2D eigenvalue weighted by Gasteiger charge is -2.14. The van der Waals surface area contributed by atoms with Gasteiger partial charge in [-0.15, -0.1) is 0 Å². The molecule has 4 nitrogen and oxygen atoms in total. The van der Waals surface area contributed by atoms with Crippen molar-refractivity contribution < 1.29 is 19.1 Å². The zero-order valence-corrected chi connectivity index (χ0v) is 13.7. The van der Waals surface area contributed by atoms with Crippen LogP contribution in [0.2, 0.25) is 0 Å². The number of halogens is 1. The number of thiocarbonyl (C=S) groups is 1. The van der Waals surface area contributed by atoms with Gasteiger partial charge in [-0.05, 0) is 42.0 Å². The summed E-state index contributed by atoms with van der Waals surface area (Å²) in [7, 11) is 0. The number of carboxylic acids is 1. The summed E-state index contributed by atoms with van der Waals surface area (Å²) in [4.78, 5) is 25.5. The number of carbonyl (C=O) groups is 2. The maximum absolute atomic E-state index is 13.0. The number of carbonyl (C=O) groups excluding carboxylic acids is 1. The van der Waals surface area contributed by atoms with Crippen LogP contribution in [0, 0.1) is 5.82 Å². The molecule has 24 heavy (non-hydrogen) atoms. The van der Waals surface area contributed by atoms with E-state index in [1.54, 1.807) is 18.2 Å². The van der Waals surface area contributed by atoms with Crippen molar-refractivity contribution >= 4 is 51.9 Å². The summed E-state index contributed by atoms with van der Waals surface area (Å²) in [5.74, 6) is -1.84. The van der Waals surface area contributed by atoms with Gasteiger partial charge in [-0.1, -0.05) is 42.2 Å². The lowest BCUT2D eigenvalue weighted by molar-refractivity contribution is -0.113. The van der Waals surface area contributed by atoms with Crippen LogP contribution in [0.15, 0.2) is 53.4 Å². The van der Waals surface area contributed by atoms with Crippen LogP contribution in [0.1, 0.15) is 15.9 Å². The molecule has 7 heteroatoms. The highest BCUT2D eigenvalue weighted by molar-refractivity contribution is 8.27. The second kappa shape index (κ2) is 6.54. The molecule has 0 spiro atoms. The normalized spacial score (nSPS) is 16.0. The molecular weight excluding hydrogens is 349 g/mol. The second-order valence-corrected chi connectivity index (χ2v) is 6.56. The number of aromatic carboxylic acids is 1. The Kier molecular flexibility index (Phi) is 4.46. The maximum atomic E-state index is 13.0. The number of carboxylic acid groups (broad SMARTS) is 1. The molecule has 1 amide bonds.